The number of hydrogen-bond acceptors (Lipinski definition) is 4. The Morgan fingerprint density at radius 1 is 0.967 bits per heavy atom. The molecule has 0 aliphatic carbocycles. The summed E-state index contributed by atoms with van der Waals surface area (Å²) in [5, 5.41) is 0. The smallest absolute Gasteiger partial charge is 0.287 e. The van der Waals surface area contributed by atoms with Gasteiger partial charge in [0.05, 0.1) is 5.56 Å². The van der Waals surface area contributed by atoms with Crippen LogP contribution in [-0.4, -0.2) is 5.97 Å². The second-order valence-corrected chi connectivity index (χ2v) is 8.19. The lowest BCUT2D eigenvalue weighted by atomic mass is 10.0. The third kappa shape index (κ3) is 5.42. The molecule has 3 nitrogen and oxygen atoms in total. The number of halogens is 3. The molecule has 0 fully saturated rings. The van der Waals surface area contributed by atoms with E-state index in [1.807, 2.05) is 32.0 Å². The van der Waals surface area contributed by atoms with E-state index >= 15 is 0 Å². The Labute approximate surface area is 177 Å². The summed E-state index contributed by atoms with van der Waals surface area (Å²) < 4.78 is 38.3. The largest absolute Gasteiger partial charge is 0.416 e. The molecule has 0 spiro atoms. The van der Waals surface area contributed by atoms with Crippen LogP contribution >= 0.6 is 11.3 Å². The summed E-state index contributed by atoms with van der Waals surface area (Å²) >= 11 is 1.60. The number of carbonyl (C=O) groups excluding carboxylic acids is 1. The molecule has 3 aromatic rings. The highest BCUT2D eigenvalue weighted by atomic mass is 32.1. The van der Waals surface area contributed by atoms with Gasteiger partial charge in [-0.1, -0.05) is 24.3 Å². The topological polar surface area (TPSA) is 35.5 Å². The molecule has 7 heteroatoms. The molecule has 0 radical (unpaired) electrons. The molecule has 30 heavy (non-hydrogen) atoms. The van der Waals surface area contributed by atoms with E-state index in [0.29, 0.717) is 5.75 Å². The molecule has 0 atom stereocenters. The van der Waals surface area contributed by atoms with Crippen molar-refractivity contribution in [2.24, 2.45) is 0 Å². The molecule has 0 N–H and O–H groups in total. The van der Waals surface area contributed by atoms with Gasteiger partial charge in [-0.15, -0.1) is 11.3 Å². The maximum atomic E-state index is 12.8. The minimum atomic E-state index is -4.33. The summed E-state index contributed by atoms with van der Waals surface area (Å²) in [5.41, 5.74) is 3.25. The van der Waals surface area contributed by atoms with Crippen molar-refractivity contribution in [3.8, 4) is 16.2 Å². The molecule has 3 rings (SSSR count). The van der Waals surface area contributed by atoms with E-state index in [2.05, 4.69) is 4.89 Å². The Morgan fingerprint density at radius 2 is 1.67 bits per heavy atom. The Bertz CT molecular complexity index is 1040. The van der Waals surface area contributed by atoms with Crippen molar-refractivity contribution in [2.45, 2.75) is 39.8 Å². The minimum absolute atomic E-state index is 0.492. The summed E-state index contributed by atoms with van der Waals surface area (Å²) in [4.78, 5) is 22.6. The second kappa shape index (κ2) is 8.92. The van der Waals surface area contributed by atoms with Gasteiger partial charge >= 0.3 is 12.1 Å². The maximum absolute atomic E-state index is 12.8. The van der Waals surface area contributed by atoms with E-state index < -0.39 is 17.7 Å². The van der Waals surface area contributed by atoms with Gasteiger partial charge < -0.3 is 0 Å². The van der Waals surface area contributed by atoms with Crippen LogP contribution in [0.5, 0.6) is 5.75 Å². The highest BCUT2D eigenvalue weighted by Crippen LogP contribution is 2.35. The van der Waals surface area contributed by atoms with Crippen LogP contribution in [0.1, 0.15) is 34.1 Å². The Balaban J connectivity index is 1.68. The number of hydrogen-bond donors (Lipinski definition) is 0. The highest BCUT2D eigenvalue weighted by molar-refractivity contribution is 7.15. The van der Waals surface area contributed by atoms with Gasteiger partial charge in [-0.2, -0.15) is 13.2 Å². The van der Waals surface area contributed by atoms with E-state index in [1.165, 1.54) is 23.9 Å². The van der Waals surface area contributed by atoms with Crippen LogP contribution in [0, 0.1) is 13.8 Å². The Kier molecular flexibility index (Phi) is 6.51. The van der Waals surface area contributed by atoms with Crippen molar-refractivity contribution in [2.75, 3.05) is 0 Å². The number of benzene rings is 2. The number of rotatable bonds is 6. The van der Waals surface area contributed by atoms with Crippen molar-refractivity contribution in [1.29, 1.82) is 0 Å². The SMILES string of the molecule is CC(=O)OOc1ccc(CCc2sc(-c3ccc(C(F)(F)F)cc3)cc2C)cc1C. The molecule has 1 aromatic heterocycles. The third-order valence-electron chi connectivity index (χ3n) is 4.65. The number of carbonyl (C=O) groups is 1. The summed E-state index contributed by atoms with van der Waals surface area (Å²) in [6, 6.07) is 13.0. The van der Waals surface area contributed by atoms with E-state index in [1.54, 1.807) is 17.4 Å². The zero-order valence-electron chi connectivity index (χ0n) is 16.8. The zero-order valence-corrected chi connectivity index (χ0v) is 17.6. The molecule has 1 heterocycles. The zero-order chi connectivity index (χ0) is 21.9. The van der Waals surface area contributed by atoms with Gasteiger partial charge in [-0.05, 0) is 73.2 Å². The van der Waals surface area contributed by atoms with Gasteiger partial charge in [0.2, 0.25) is 0 Å². The van der Waals surface area contributed by atoms with Crippen LogP contribution in [-0.2, 0) is 28.7 Å². The molecule has 0 unspecified atom stereocenters. The molecule has 158 valence electrons. The lowest BCUT2D eigenvalue weighted by Crippen LogP contribution is -2.04. The summed E-state index contributed by atoms with van der Waals surface area (Å²) in [6.07, 6.45) is -2.70. The van der Waals surface area contributed by atoms with Crippen LogP contribution in [0.15, 0.2) is 48.5 Å². The average Bonchev–Trinajstić information content (AvgIpc) is 3.05. The van der Waals surface area contributed by atoms with Crippen LogP contribution < -0.4 is 4.89 Å². The molecule has 0 bridgehead atoms. The van der Waals surface area contributed by atoms with Crippen LogP contribution in [0.4, 0.5) is 13.2 Å². The van der Waals surface area contributed by atoms with Crippen molar-refractivity contribution < 1.29 is 27.7 Å². The van der Waals surface area contributed by atoms with Gasteiger partial charge in [-0.3, -0.25) is 9.78 Å². The monoisotopic (exact) mass is 434 g/mol. The van der Waals surface area contributed by atoms with E-state index in [9.17, 15) is 18.0 Å². The maximum Gasteiger partial charge on any atom is 0.416 e. The molecule has 0 amide bonds. The Hall–Kier alpha value is -2.80. The second-order valence-electron chi connectivity index (χ2n) is 7.05. The van der Waals surface area contributed by atoms with Crippen molar-refractivity contribution in [3.63, 3.8) is 0 Å². The predicted octanol–water partition coefficient (Wildman–Crippen LogP) is 6.69. The molecule has 0 aliphatic heterocycles. The van der Waals surface area contributed by atoms with Crippen LogP contribution in [0.2, 0.25) is 0 Å². The normalized spacial score (nSPS) is 11.4. The summed E-state index contributed by atoms with van der Waals surface area (Å²) in [6.45, 7) is 5.16. The van der Waals surface area contributed by atoms with Crippen molar-refractivity contribution >= 4 is 17.3 Å². The van der Waals surface area contributed by atoms with E-state index in [0.717, 1.165) is 52.1 Å². The number of thiophene rings is 1. The minimum Gasteiger partial charge on any atom is -0.287 e. The first-order valence-electron chi connectivity index (χ1n) is 9.35. The number of alkyl halides is 3. The van der Waals surface area contributed by atoms with Crippen LogP contribution in [0.25, 0.3) is 10.4 Å². The van der Waals surface area contributed by atoms with Gasteiger partial charge in [0.15, 0.2) is 5.75 Å². The first kappa shape index (κ1) is 21.9. The lowest BCUT2D eigenvalue weighted by molar-refractivity contribution is -0.211. The molecule has 0 saturated heterocycles. The van der Waals surface area contributed by atoms with Crippen molar-refractivity contribution in [3.05, 3.63) is 75.7 Å². The summed E-state index contributed by atoms with van der Waals surface area (Å²) in [7, 11) is 0. The van der Waals surface area contributed by atoms with Gasteiger partial charge in [0.1, 0.15) is 0 Å². The lowest BCUT2D eigenvalue weighted by Gasteiger charge is -2.08. The fourth-order valence-corrected chi connectivity index (χ4v) is 4.23. The van der Waals surface area contributed by atoms with E-state index in [4.69, 9.17) is 4.89 Å². The molecule has 0 saturated carbocycles. The van der Waals surface area contributed by atoms with Gasteiger partial charge in [-0.25, -0.2) is 4.79 Å². The van der Waals surface area contributed by atoms with Crippen molar-refractivity contribution in [1.82, 2.24) is 0 Å². The van der Waals surface area contributed by atoms with Crippen LogP contribution in [0.3, 0.4) is 0 Å². The molecule has 2 aromatic carbocycles. The van der Waals surface area contributed by atoms with Gasteiger partial charge in [0, 0.05) is 16.7 Å². The number of aryl methyl sites for hydroxylation is 4. The molecular weight excluding hydrogens is 413 g/mol. The van der Waals surface area contributed by atoms with Gasteiger partial charge in [0.25, 0.3) is 0 Å². The quantitative estimate of drug-likeness (QED) is 0.320. The highest BCUT2D eigenvalue weighted by Gasteiger charge is 2.30. The first-order valence-corrected chi connectivity index (χ1v) is 10.2. The molecule has 0 aliphatic rings. The Morgan fingerprint density at radius 3 is 2.27 bits per heavy atom. The standard InChI is InChI=1S/C23H21F3O3S/c1-14-12-17(4-10-20(14)29-28-16(3)27)5-11-21-15(2)13-22(30-21)18-6-8-19(9-7-18)23(24,25)26/h4,6-10,12-13H,5,11H2,1-3H3. The van der Waals surface area contributed by atoms with E-state index in [-0.39, 0.29) is 0 Å². The summed E-state index contributed by atoms with van der Waals surface area (Å²) in [5.74, 6) is -0.0265. The first-order chi connectivity index (χ1) is 14.1. The third-order valence-corrected chi connectivity index (χ3v) is 5.99. The molecular formula is C23H21F3O3S. The average molecular weight is 434 g/mol. The predicted molar refractivity (Wildman–Crippen MR) is 110 cm³/mol. The fourth-order valence-electron chi connectivity index (χ4n) is 3.06. The fraction of sp³-hybridized carbons (Fsp3) is 0.261.